The molecular weight excluding hydrogens is 484 g/mol. The number of hydrogen-bond donors (Lipinski definition) is 3. The van der Waals surface area contributed by atoms with Crippen LogP contribution in [0.1, 0.15) is 18.9 Å². The Bertz CT molecular complexity index is 1440. The standard InChI is InChI=1S/C26H34N10O2/c1-6-21(36-9-7-34(3)8-10-36)24(37)30-19-14-27-12-17-18(13-28-23(17)19)22-16(2)11-29-26(32-22)31-20-15-35(4)33-25(20)38-5/h11-15,21,28H,6-10H2,1-5H3,(H,30,37)(H,29,31,32). The van der Waals surface area contributed by atoms with Crippen molar-refractivity contribution in [3.8, 4) is 17.1 Å². The molecule has 3 N–H and O–H groups in total. The number of amides is 1. The molecule has 0 bridgehead atoms. The number of carbonyl (C=O) groups excluding carboxylic acids is 1. The van der Waals surface area contributed by atoms with E-state index in [2.05, 4.69) is 54.5 Å². The van der Waals surface area contributed by atoms with Crippen LogP contribution in [0.4, 0.5) is 17.3 Å². The van der Waals surface area contributed by atoms with Crippen LogP contribution in [-0.2, 0) is 11.8 Å². The van der Waals surface area contributed by atoms with Crippen molar-refractivity contribution in [2.24, 2.45) is 7.05 Å². The van der Waals surface area contributed by atoms with E-state index in [-0.39, 0.29) is 11.9 Å². The van der Waals surface area contributed by atoms with Crippen molar-refractivity contribution in [2.75, 3.05) is 51.0 Å². The molecule has 1 saturated heterocycles. The molecule has 4 aromatic heterocycles. The monoisotopic (exact) mass is 518 g/mol. The first kappa shape index (κ1) is 25.6. The Labute approximate surface area is 221 Å². The van der Waals surface area contributed by atoms with Gasteiger partial charge in [0, 0.05) is 62.8 Å². The van der Waals surface area contributed by atoms with E-state index in [4.69, 9.17) is 9.72 Å². The third-order valence-electron chi connectivity index (χ3n) is 6.98. The number of aromatic amines is 1. The lowest BCUT2D eigenvalue weighted by Gasteiger charge is -2.36. The summed E-state index contributed by atoms with van der Waals surface area (Å²) in [6, 6.07) is -0.185. The normalized spacial score (nSPS) is 15.5. The molecule has 1 aliphatic rings. The molecule has 5 rings (SSSR count). The number of fused-ring (bicyclic) bond motifs is 1. The number of pyridine rings is 1. The number of aromatic nitrogens is 6. The highest BCUT2D eigenvalue weighted by Crippen LogP contribution is 2.33. The van der Waals surface area contributed by atoms with E-state index in [9.17, 15) is 4.79 Å². The van der Waals surface area contributed by atoms with E-state index in [1.807, 2.05) is 20.2 Å². The second kappa shape index (κ2) is 10.8. The SMILES string of the molecule is CCC(C(=O)Nc1cncc2c(-c3nc(Nc4cn(C)nc4OC)ncc3C)c[nH]c12)N1CCN(C)CC1. The van der Waals surface area contributed by atoms with Gasteiger partial charge in [-0.1, -0.05) is 6.92 Å². The van der Waals surface area contributed by atoms with Crippen LogP contribution in [0.15, 0.2) is 31.0 Å². The van der Waals surface area contributed by atoms with E-state index in [1.54, 1.807) is 36.6 Å². The summed E-state index contributed by atoms with van der Waals surface area (Å²) in [5, 5.41) is 11.4. The molecule has 38 heavy (non-hydrogen) atoms. The van der Waals surface area contributed by atoms with Gasteiger partial charge in [-0.2, -0.15) is 0 Å². The number of carbonyl (C=O) groups is 1. The molecule has 0 aromatic carbocycles. The summed E-state index contributed by atoms with van der Waals surface area (Å²) in [5.74, 6) is 0.858. The molecule has 1 atom stereocenters. The van der Waals surface area contributed by atoms with E-state index in [0.717, 1.165) is 60.3 Å². The van der Waals surface area contributed by atoms with Gasteiger partial charge < -0.3 is 25.3 Å². The maximum absolute atomic E-state index is 13.3. The van der Waals surface area contributed by atoms with Crippen molar-refractivity contribution in [1.29, 1.82) is 0 Å². The number of methoxy groups -OCH3 is 1. The molecule has 0 spiro atoms. The first-order chi connectivity index (χ1) is 18.4. The van der Waals surface area contributed by atoms with Gasteiger partial charge in [0.05, 0.1) is 42.4 Å². The molecule has 12 nitrogen and oxygen atoms in total. The minimum Gasteiger partial charge on any atom is -0.478 e. The Morgan fingerprint density at radius 2 is 1.95 bits per heavy atom. The predicted molar refractivity (Wildman–Crippen MR) is 147 cm³/mol. The number of aryl methyl sites for hydroxylation is 2. The van der Waals surface area contributed by atoms with Gasteiger partial charge >= 0.3 is 0 Å². The Morgan fingerprint density at radius 3 is 2.68 bits per heavy atom. The number of H-pyrrole nitrogens is 1. The maximum Gasteiger partial charge on any atom is 0.256 e. The Balaban J connectivity index is 1.41. The lowest BCUT2D eigenvalue weighted by molar-refractivity contribution is -0.122. The third kappa shape index (κ3) is 5.04. The van der Waals surface area contributed by atoms with Crippen LogP contribution in [-0.4, -0.2) is 91.8 Å². The highest BCUT2D eigenvalue weighted by molar-refractivity contribution is 6.06. The number of likely N-dealkylation sites (N-methyl/N-ethyl adjacent to an activating group) is 1. The average molecular weight is 519 g/mol. The molecule has 1 fully saturated rings. The topological polar surface area (TPSA) is 129 Å². The molecule has 4 aromatic rings. The molecule has 12 heteroatoms. The highest BCUT2D eigenvalue weighted by Gasteiger charge is 2.27. The van der Waals surface area contributed by atoms with Crippen LogP contribution in [0, 0.1) is 6.92 Å². The fraction of sp³-hybridized carbons (Fsp3) is 0.423. The highest BCUT2D eigenvalue weighted by atomic mass is 16.5. The van der Waals surface area contributed by atoms with Crippen LogP contribution >= 0.6 is 0 Å². The number of anilines is 3. The summed E-state index contributed by atoms with van der Waals surface area (Å²) in [6.07, 6.45) is 9.68. The first-order valence-corrected chi connectivity index (χ1v) is 12.7. The average Bonchev–Trinajstić information content (AvgIpc) is 3.50. The number of nitrogens with zero attached hydrogens (tertiary/aromatic N) is 7. The Hall–Kier alpha value is -4.03. The lowest BCUT2D eigenvalue weighted by atomic mass is 10.1. The summed E-state index contributed by atoms with van der Waals surface area (Å²) in [5.41, 5.74) is 4.66. The Morgan fingerprint density at radius 1 is 1.16 bits per heavy atom. The van der Waals surface area contributed by atoms with Crippen molar-refractivity contribution < 1.29 is 9.53 Å². The number of hydrogen-bond acceptors (Lipinski definition) is 9. The molecule has 1 amide bonds. The third-order valence-corrected chi connectivity index (χ3v) is 6.98. The number of ether oxygens (including phenoxy) is 1. The van der Waals surface area contributed by atoms with Gasteiger partial charge in [0.15, 0.2) is 0 Å². The van der Waals surface area contributed by atoms with Gasteiger partial charge in [-0.05, 0) is 26.0 Å². The van der Waals surface area contributed by atoms with Crippen LogP contribution in [0.5, 0.6) is 5.88 Å². The van der Waals surface area contributed by atoms with Crippen LogP contribution in [0.25, 0.3) is 22.2 Å². The maximum atomic E-state index is 13.3. The number of nitrogens with one attached hydrogen (secondary N) is 3. The summed E-state index contributed by atoms with van der Waals surface area (Å²) >= 11 is 0. The van der Waals surface area contributed by atoms with Gasteiger partial charge in [0.2, 0.25) is 11.9 Å². The minimum atomic E-state index is -0.185. The molecule has 1 unspecified atom stereocenters. The van der Waals surface area contributed by atoms with E-state index >= 15 is 0 Å². The zero-order chi connectivity index (χ0) is 26.8. The van der Waals surface area contributed by atoms with Crippen LogP contribution < -0.4 is 15.4 Å². The van der Waals surface area contributed by atoms with Crippen molar-refractivity contribution in [3.05, 3.63) is 36.5 Å². The lowest BCUT2D eigenvalue weighted by Crippen LogP contribution is -2.52. The van der Waals surface area contributed by atoms with Gasteiger partial charge in [-0.15, -0.1) is 5.10 Å². The predicted octanol–water partition coefficient (Wildman–Crippen LogP) is 2.78. The molecule has 5 heterocycles. The Kier molecular flexibility index (Phi) is 7.25. The zero-order valence-electron chi connectivity index (χ0n) is 22.4. The second-order valence-electron chi connectivity index (χ2n) is 9.64. The fourth-order valence-electron chi connectivity index (χ4n) is 4.89. The van der Waals surface area contributed by atoms with Crippen molar-refractivity contribution in [2.45, 2.75) is 26.3 Å². The van der Waals surface area contributed by atoms with E-state index in [1.165, 1.54) is 0 Å². The largest absolute Gasteiger partial charge is 0.478 e. The quantitative estimate of drug-likeness (QED) is 0.322. The van der Waals surface area contributed by atoms with Gasteiger partial charge in [0.25, 0.3) is 5.88 Å². The summed E-state index contributed by atoms with van der Waals surface area (Å²) in [6.45, 7) is 7.70. The van der Waals surface area contributed by atoms with Crippen LogP contribution in [0.3, 0.4) is 0 Å². The van der Waals surface area contributed by atoms with Crippen LogP contribution in [0.2, 0.25) is 0 Å². The molecular formula is C26H34N10O2. The van der Waals surface area contributed by atoms with Gasteiger partial charge in [-0.3, -0.25) is 19.4 Å². The van der Waals surface area contributed by atoms with Gasteiger partial charge in [-0.25, -0.2) is 9.97 Å². The van der Waals surface area contributed by atoms with Crippen molar-refractivity contribution >= 4 is 34.1 Å². The molecule has 0 radical (unpaired) electrons. The molecule has 0 saturated carbocycles. The number of rotatable bonds is 8. The molecule has 200 valence electrons. The fourth-order valence-corrected chi connectivity index (χ4v) is 4.89. The number of piperazine rings is 1. The smallest absolute Gasteiger partial charge is 0.256 e. The van der Waals surface area contributed by atoms with Crippen molar-refractivity contribution in [1.82, 2.24) is 39.5 Å². The minimum absolute atomic E-state index is 0.0161. The second-order valence-corrected chi connectivity index (χ2v) is 9.64. The summed E-state index contributed by atoms with van der Waals surface area (Å²) in [7, 11) is 5.50. The van der Waals surface area contributed by atoms with Gasteiger partial charge in [0.1, 0.15) is 5.69 Å². The van der Waals surface area contributed by atoms with Crippen molar-refractivity contribution in [3.63, 3.8) is 0 Å². The molecule has 1 aliphatic heterocycles. The summed E-state index contributed by atoms with van der Waals surface area (Å²) < 4.78 is 6.99. The summed E-state index contributed by atoms with van der Waals surface area (Å²) in [4.78, 5) is 34.9. The zero-order valence-corrected chi connectivity index (χ0v) is 22.4. The van der Waals surface area contributed by atoms with E-state index < -0.39 is 0 Å². The molecule has 0 aliphatic carbocycles. The first-order valence-electron chi connectivity index (χ1n) is 12.7. The van der Waals surface area contributed by atoms with E-state index in [0.29, 0.717) is 23.2 Å².